The molecule has 4 aliphatic rings. The quantitative estimate of drug-likeness (QED) is 0.556. The number of phenolic OH excluding ortho intramolecular Hbond substituents is 1. The van der Waals surface area contributed by atoms with E-state index in [9.17, 15) is 15.0 Å². The Hall–Kier alpha value is -1.79. The number of hydrogen-bond donors (Lipinski definition) is 2. The smallest absolute Gasteiger partial charge is 0.133 e. The van der Waals surface area contributed by atoms with Crippen molar-refractivity contribution in [2.45, 2.75) is 84.2 Å². The molecule has 1 aromatic rings. The molecule has 0 aliphatic heterocycles. The lowest BCUT2D eigenvalue weighted by Crippen LogP contribution is -2.56. The summed E-state index contributed by atoms with van der Waals surface area (Å²) in [5, 5.41) is 21.4. The molecule has 3 unspecified atom stereocenters. The molecule has 0 radical (unpaired) electrons. The van der Waals surface area contributed by atoms with Gasteiger partial charge >= 0.3 is 0 Å². The Morgan fingerprint density at radius 1 is 0.969 bits per heavy atom. The number of aliphatic hydroxyl groups is 1. The van der Waals surface area contributed by atoms with E-state index in [0.717, 1.165) is 31.6 Å². The van der Waals surface area contributed by atoms with E-state index in [1.54, 1.807) is 25.1 Å². The van der Waals surface area contributed by atoms with Gasteiger partial charge in [-0.25, -0.2) is 0 Å². The van der Waals surface area contributed by atoms with Gasteiger partial charge in [0, 0.05) is 5.92 Å². The fourth-order valence-electron chi connectivity index (χ4n) is 8.79. The first-order chi connectivity index (χ1) is 15.2. The van der Waals surface area contributed by atoms with Crippen molar-refractivity contribution in [3.8, 4) is 17.6 Å². The zero-order valence-corrected chi connectivity index (χ0v) is 19.9. The average Bonchev–Trinajstić information content (AvgIpc) is 3.11. The number of para-hydroxylation sites is 1. The standard InChI is InChI=1S/C29H38O3/c1-19(30)23-10-11-24-22-9-8-21-18-29(32,15-12-20-6-4-5-7-26(20)31)17-16-27(21,2)25(22)13-14-28(23,24)3/h4-7,21-25,31-32H,8-11,13-14,16-18H2,1-3H3/t21-,22?,23-,24?,25?,27+,28-,29-/m1/s1. The third-order valence-corrected chi connectivity index (χ3v) is 10.6. The molecule has 0 aromatic heterocycles. The second kappa shape index (κ2) is 7.63. The molecule has 1 aromatic carbocycles. The summed E-state index contributed by atoms with van der Waals surface area (Å²) >= 11 is 0. The van der Waals surface area contributed by atoms with Crippen LogP contribution in [0.3, 0.4) is 0 Å². The van der Waals surface area contributed by atoms with Crippen LogP contribution in [0.2, 0.25) is 0 Å². The van der Waals surface area contributed by atoms with Crippen molar-refractivity contribution in [1.82, 2.24) is 0 Å². The lowest BCUT2D eigenvalue weighted by atomic mass is 9.44. The molecule has 0 saturated heterocycles. The highest BCUT2D eigenvalue weighted by molar-refractivity contribution is 5.79. The first-order valence-corrected chi connectivity index (χ1v) is 12.7. The molecule has 8 atom stereocenters. The molecule has 4 saturated carbocycles. The fourth-order valence-corrected chi connectivity index (χ4v) is 8.79. The van der Waals surface area contributed by atoms with Crippen LogP contribution in [0, 0.1) is 52.3 Å². The Morgan fingerprint density at radius 2 is 1.72 bits per heavy atom. The number of hydrogen-bond acceptors (Lipinski definition) is 3. The summed E-state index contributed by atoms with van der Waals surface area (Å²) in [5.41, 5.74) is 0.0943. The van der Waals surface area contributed by atoms with Gasteiger partial charge in [0.25, 0.3) is 0 Å². The molecule has 2 N–H and O–H groups in total. The Bertz CT molecular complexity index is 972. The Kier molecular flexibility index (Phi) is 5.25. The monoisotopic (exact) mass is 434 g/mol. The molecule has 4 aliphatic carbocycles. The van der Waals surface area contributed by atoms with Crippen molar-refractivity contribution < 1.29 is 15.0 Å². The van der Waals surface area contributed by atoms with E-state index in [4.69, 9.17) is 0 Å². The van der Waals surface area contributed by atoms with E-state index in [1.807, 2.05) is 6.07 Å². The molecule has 0 bridgehead atoms. The molecule has 172 valence electrons. The summed E-state index contributed by atoms with van der Waals surface area (Å²) in [6.07, 6.45) is 9.59. The summed E-state index contributed by atoms with van der Waals surface area (Å²) in [6.45, 7) is 6.71. The van der Waals surface area contributed by atoms with E-state index in [-0.39, 0.29) is 22.5 Å². The van der Waals surface area contributed by atoms with Gasteiger partial charge in [-0.05, 0) is 111 Å². The topological polar surface area (TPSA) is 57.5 Å². The lowest BCUT2D eigenvalue weighted by Gasteiger charge is -2.61. The minimum absolute atomic E-state index is 0.176. The molecule has 0 heterocycles. The highest BCUT2D eigenvalue weighted by Gasteiger charge is 2.61. The van der Waals surface area contributed by atoms with Crippen molar-refractivity contribution in [2.75, 3.05) is 0 Å². The minimum Gasteiger partial charge on any atom is -0.507 e. The maximum absolute atomic E-state index is 12.4. The highest BCUT2D eigenvalue weighted by atomic mass is 16.3. The molecular weight excluding hydrogens is 396 g/mol. The number of ketones is 1. The largest absolute Gasteiger partial charge is 0.507 e. The number of carbonyl (C=O) groups excluding carboxylic acids is 1. The third kappa shape index (κ3) is 3.33. The second-order valence-electron chi connectivity index (χ2n) is 11.9. The van der Waals surface area contributed by atoms with Gasteiger partial charge in [-0.15, -0.1) is 0 Å². The average molecular weight is 435 g/mol. The van der Waals surface area contributed by atoms with Crippen molar-refractivity contribution in [3.63, 3.8) is 0 Å². The molecule has 4 fully saturated rings. The number of phenols is 1. The van der Waals surface area contributed by atoms with Gasteiger partial charge in [0.15, 0.2) is 0 Å². The lowest BCUT2D eigenvalue weighted by molar-refractivity contribution is -0.144. The van der Waals surface area contributed by atoms with E-state index in [1.165, 1.54) is 25.7 Å². The maximum Gasteiger partial charge on any atom is 0.133 e. The number of Topliss-reactive ketones (excluding diaryl/α,β-unsaturated/α-hetero) is 1. The zero-order chi connectivity index (χ0) is 22.7. The predicted octanol–water partition coefficient (Wildman–Crippen LogP) is 5.72. The van der Waals surface area contributed by atoms with Crippen molar-refractivity contribution in [2.24, 2.45) is 40.4 Å². The summed E-state index contributed by atoms with van der Waals surface area (Å²) in [6, 6.07) is 7.10. The maximum atomic E-state index is 12.4. The normalized spacial score (nSPS) is 45.1. The first kappa shape index (κ1) is 22.0. The van der Waals surface area contributed by atoms with E-state index in [0.29, 0.717) is 35.5 Å². The summed E-state index contributed by atoms with van der Waals surface area (Å²) in [4.78, 5) is 12.4. The number of carbonyl (C=O) groups is 1. The van der Waals surface area contributed by atoms with Crippen LogP contribution < -0.4 is 0 Å². The Balaban J connectivity index is 1.35. The summed E-state index contributed by atoms with van der Waals surface area (Å²) in [5.74, 6) is 9.67. The van der Waals surface area contributed by atoms with Gasteiger partial charge in [-0.3, -0.25) is 4.79 Å². The summed E-state index contributed by atoms with van der Waals surface area (Å²) in [7, 11) is 0. The highest BCUT2D eigenvalue weighted by Crippen LogP contribution is 2.68. The van der Waals surface area contributed by atoms with Crippen LogP contribution in [-0.2, 0) is 4.79 Å². The SMILES string of the molecule is CC(=O)[C@H]1CCC2C3CC[C@@H]4C[C@@](O)(C#Cc5ccccc5O)CC[C@]4(C)C3CC[C@@]21C. The Labute approximate surface area is 193 Å². The molecule has 0 amide bonds. The van der Waals surface area contributed by atoms with Crippen LogP contribution in [0.25, 0.3) is 0 Å². The van der Waals surface area contributed by atoms with Crippen LogP contribution in [-0.4, -0.2) is 21.6 Å². The third-order valence-electron chi connectivity index (χ3n) is 10.6. The molecule has 5 rings (SSSR count). The van der Waals surface area contributed by atoms with Gasteiger partial charge in [0.1, 0.15) is 17.1 Å². The van der Waals surface area contributed by atoms with Crippen molar-refractivity contribution in [3.05, 3.63) is 29.8 Å². The van der Waals surface area contributed by atoms with Crippen LogP contribution in [0.15, 0.2) is 24.3 Å². The van der Waals surface area contributed by atoms with E-state index < -0.39 is 5.60 Å². The molecular formula is C29H38O3. The van der Waals surface area contributed by atoms with Crippen LogP contribution in [0.5, 0.6) is 5.75 Å². The molecule has 32 heavy (non-hydrogen) atoms. The number of benzene rings is 1. The van der Waals surface area contributed by atoms with Crippen LogP contribution >= 0.6 is 0 Å². The van der Waals surface area contributed by atoms with Gasteiger partial charge in [0.2, 0.25) is 0 Å². The van der Waals surface area contributed by atoms with E-state index >= 15 is 0 Å². The van der Waals surface area contributed by atoms with E-state index in [2.05, 4.69) is 25.7 Å². The Morgan fingerprint density at radius 3 is 2.47 bits per heavy atom. The first-order valence-electron chi connectivity index (χ1n) is 12.7. The van der Waals surface area contributed by atoms with Crippen molar-refractivity contribution >= 4 is 5.78 Å². The number of fused-ring (bicyclic) bond motifs is 5. The zero-order valence-electron chi connectivity index (χ0n) is 19.9. The minimum atomic E-state index is -0.963. The fraction of sp³-hybridized carbons (Fsp3) is 0.690. The van der Waals surface area contributed by atoms with Crippen molar-refractivity contribution in [1.29, 1.82) is 0 Å². The number of aromatic hydroxyl groups is 1. The summed E-state index contributed by atoms with van der Waals surface area (Å²) < 4.78 is 0. The van der Waals surface area contributed by atoms with Gasteiger partial charge in [-0.2, -0.15) is 0 Å². The molecule has 0 spiro atoms. The molecule has 3 heteroatoms. The van der Waals surface area contributed by atoms with Gasteiger partial charge in [-0.1, -0.05) is 37.8 Å². The van der Waals surface area contributed by atoms with Crippen LogP contribution in [0.4, 0.5) is 0 Å². The van der Waals surface area contributed by atoms with Crippen LogP contribution in [0.1, 0.15) is 84.1 Å². The van der Waals surface area contributed by atoms with Gasteiger partial charge in [0.05, 0.1) is 5.56 Å². The van der Waals surface area contributed by atoms with Gasteiger partial charge < -0.3 is 10.2 Å². The second-order valence-corrected chi connectivity index (χ2v) is 11.9. The predicted molar refractivity (Wildman–Crippen MR) is 126 cm³/mol. The molecule has 3 nitrogen and oxygen atoms in total. The number of rotatable bonds is 1.